The molecule has 80 valence electrons. The minimum atomic E-state index is -0.0719. The van der Waals surface area contributed by atoms with Crippen molar-refractivity contribution in [3.63, 3.8) is 0 Å². The van der Waals surface area contributed by atoms with Gasteiger partial charge in [-0.2, -0.15) is 0 Å². The molecule has 0 aromatic heterocycles. The molecule has 0 bridgehead atoms. The van der Waals surface area contributed by atoms with Crippen LogP contribution < -0.4 is 5.32 Å². The van der Waals surface area contributed by atoms with Gasteiger partial charge in [0.2, 0.25) is 0 Å². The SMILES string of the molecule is O=C(Nc1ccccc1)Sc1ccccc1. The fraction of sp³-hybridized carbons (Fsp3) is 0. The maximum Gasteiger partial charge on any atom is 0.288 e. The quantitative estimate of drug-likeness (QED) is 0.788. The average Bonchev–Trinajstić information content (AvgIpc) is 2.31. The number of anilines is 1. The number of benzene rings is 2. The summed E-state index contributed by atoms with van der Waals surface area (Å²) in [5.74, 6) is 0. The van der Waals surface area contributed by atoms with Gasteiger partial charge < -0.3 is 5.32 Å². The molecule has 0 atom stereocenters. The summed E-state index contributed by atoms with van der Waals surface area (Å²) < 4.78 is 0. The Labute approximate surface area is 98.7 Å². The van der Waals surface area contributed by atoms with Crippen molar-refractivity contribution in [1.29, 1.82) is 0 Å². The normalized spacial score (nSPS) is 9.75. The molecule has 1 N–H and O–H groups in total. The molecule has 0 saturated heterocycles. The highest BCUT2D eigenvalue weighted by Crippen LogP contribution is 2.20. The van der Waals surface area contributed by atoms with Gasteiger partial charge in [0.15, 0.2) is 0 Å². The average molecular weight is 229 g/mol. The van der Waals surface area contributed by atoms with Gasteiger partial charge in [0.1, 0.15) is 0 Å². The van der Waals surface area contributed by atoms with Gasteiger partial charge in [-0.3, -0.25) is 4.79 Å². The van der Waals surface area contributed by atoms with Crippen LogP contribution >= 0.6 is 11.8 Å². The van der Waals surface area contributed by atoms with E-state index in [9.17, 15) is 4.79 Å². The van der Waals surface area contributed by atoms with Crippen molar-refractivity contribution in [3.8, 4) is 0 Å². The summed E-state index contributed by atoms with van der Waals surface area (Å²) in [5, 5.41) is 2.74. The van der Waals surface area contributed by atoms with E-state index in [1.807, 2.05) is 60.7 Å². The number of thioether (sulfide) groups is 1. The first kappa shape index (κ1) is 10.8. The van der Waals surface area contributed by atoms with Gasteiger partial charge in [-0.25, -0.2) is 0 Å². The Kier molecular flexibility index (Phi) is 3.62. The topological polar surface area (TPSA) is 29.1 Å². The Morgan fingerprint density at radius 2 is 1.44 bits per heavy atom. The van der Waals surface area contributed by atoms with Gasteiger partial charge in [0.05, 0.1) is 0 Å². The smallest absolute Gasteiger partial charge is 0.288 e. The van der Waals surface area contributed by atoms with Crippen molar-refractivity contribution in [1.82, 2.24) is 0 Å². The van der Waals surface area contributed by atoms with Crippen molar-refractivity contribution >= 4 is 22.7 Å². The van der Waals surface area contributed by atoms with Gasteiger partial charge in [-0.1, -0.05) is 36.4 Å². The van der Waals surface area contributed by atoms with Crippen LogP contribution in [0.3, 0.4) is 0 Å². The van der Waals surface area contributed by atoms with Gasteiger partial charge in [-0.15, -0.1) is 0 Å². The van der Waals surface area contributed by atoms with Gasteiger partial charge >= 0.3 is 0 Å². The highest BCUT2D eigenvalue weighted by atomic mass is 32.2. The standard InChI is InChI=1S/C13H11NOS/c15-13(14-11-7-3-1-4-8-11)16-12-9-5-2-6-10-12/h1-10H,(H,14,15). The fourth-order valence-electron chi connectivity index (χ4n) is 1.26. The van der Waals surface area contributed by atoms with Gasteiger partial charge in [0.25, 0.3) is 5.24 Å². The lowest BCUT2D eigenvalue weighted by molar-refractivity contribution is 0.270. The monoisotopic (exact) mass is 229 g/mol. The van der Waals surface area contributed by atoms with Crippen LogP contribution in [0.5, 0.6) is 0 Å². The minimum Gasteiger partial charge on any atom is -0.317 e. The Balaban J connectivity index is 1.95. The summed E-state index contributed by atoms with van der Waals surface area (Å²) >= 11 is 1.19. The molecule has 2 nitrogen and oxygen atoms in total. The summed E-state index contributed by atoms with van der Waals surface area (Å²) in [6.07, 6.45) is 0. The molecule has 0 aliphatic heterocycles. The van der Waals surface area contributed by atoms with Crippen molar-refractivity contribution in [2.75, 3.05) is 5.32 Å². The third-order valence-electron chi connectivity index (χ3n) is 1.97. The summed E-state index contributed by atoms with van der Waals surface area (Å²) in [5.41, 5.74) is 0.816. The molecule has 0 heterocycles. The number of nitrogens with one attached hydrogen (secondary N) is 1. The van der Waals surface area contributed by atoms with Crippen molar-refractivity contribution in [3.05, 3.63) is 60.7 Å². The number of carbonyl (C=O) groups is 1. The molecule has 0 aliphatic rings. The zero-order chi connectivity index (χ0) is 11.2. The third kappa shape index (κ3) is 3.14. The first-order valence-corrected chi connectivity index (χ1v) is 5.75. The zero-order valence-corrected chi connectivity index (χ0v) is 9.41. The van der Waals surface area contributed by atoms with Crippen LogP contribution in [0.25, 0.3) is 0 Å². The Morgan fingerprint density at radius 1 is 0.875 bits per heavy atom. The highest BCUT2D eigenvalue weighted by Gasteiger charge is 2.03. The van der Waals surface area contributed by atoms with Gasteiger partial charge in [-0.05, 0) is 36.0 Å². The van der Waals surface area contributed by atoms with E-state index in [4.69, 9.17) is 0 Å². The molecule has 2 rings (SSSR count). The molecule has 0 unspecified atom stereocenters. The maximum atomic E-state index is 11.6. The van der Waals surface area contributed by atoms with E-state index in [0.717, 1.165) is 10.6 Å². The highest BCUT2D eigenvalue weighted by molar-refractivity contribution is 8.13. The van der Waals surface area contributed by atoms with Crippen LogP contribution in [0.2, 0.25) is 0 Å². The number of rotatable bonds is 2. The molecule has 2 aromatic rings. The molecule has 2 aromatic carbocycles. The summed E-state index contributed by atoms with van der Waals surface area (Å²) in [7, 11) is 0. The Hall–Kier alpha value is -1.74. The molecular formula is C13H11NOS. The molecule has 16 heavy (non-hydrogen) atoms. The molecule has 1 amide bonds. The second-order valence-corrected chi connectivity index (χ2v) is 4.24. The number of amides is 1. The fourth-order valence-corrected chi connectivity index (χ4v) is 1.94. The Morgan fingerprint density at radius 3 is 2.06 bits per heavy atom. The second-order valence-electron chi connectivity index (χ2n) is 3.19. The van der Waals surface area contributed by atoms with Crippen LogP contribution in [0.15, 0.2) is 65.6 Å². The van der Waals surface area contributed by atoms with Crippen LogP contribution in [-0.4, -0.2) is 5.24 Å². The second kappa shape index (κ2) is 5.37. The number of carbonyl (C=O) groups excluding carboxylic acids is 1. The lowest BCUT2D eigenvalue weighted by Gasteiger charge is -2.03. The van der Waals surface area contributed by atoms with Crippen LogP contribution in [0.4, 0.5) is 10.5 Å². The maximum absolute atomic E-state index is 11.6. The van der Waals surface area contributed by atoms with E-state index in [2.05, 4.69) is 5.32 Å². The minimum absolute atomic E-state index is 0.0719. The molecule has 0 radical (unpaired) electrons. The van der Waals surface area contributed by atoms with Crippen molar-refractivity contribution in [2.24, 2.45) is 0 Å². The molecule has 0 fully saturated rings. The molecular weight excluding hydrogens is 218 g/mol. The lowest BCUT2D eigenvalue weighted by Crippen LogP contribution is -2.03. The largest absolute Gasteiger partial charge is 0.317 e. The molecule has 0 spiro atoms. The van der Waals surface area contributed by atoms with E-state index in [1.54, 1.807) is 0 Å². The molecule has 3 heteroatoms. The van der Waals surface area contributed by atoms with E-state index in [-0.39, 0.29) is 5.24 Å². The summed E-state index contributed by atoms with van der Waals surface area (Å²) in [4.78, 5) is 12.6. The first-order valence-electron chi connectivity index (χ1n) is 4.93. The lowest BCUT2D eigenvalue weighted by atomic mass is 10.3. The Bertz CT molecular complexity index is 412. The van der Waals surface area contributed by atoms with Gasteiger partial charge in [0, 0.05) is 10.6 Å². The predicted molar refractivity (Wildman–Crippen MR) is 67.8 cm³/mol. The molecule has 0 saturated carbocycles. The van der Waals surface area contributed by atoms with Crippen molar-refractivity contribution in [2.45, 2.75) is 4.90 Å². The predicted octanol–water partition coefficient (Wildman–Crippen LogP) is 4.01. The van der Waals surface area contributed by atoms with E-state index in [1.165, 1.54) is 11.8 Å². The van der Waals surface area contributed by atoms with E-state index < -0.39 is 0 Å². The molecule has 0 aliphatic carbocycles. The number of hydrogen-bond donors (Lipinski definition) is 1. The van der Waals surface area contributed by atoms with Crippen LogP contribution in [-0.2, 0) is 0 Å². The van der Waals surface area contributed by atoms with E-state index >= 15 is 0 Å². The zero-order valence-electron chi connectivity index (χ0n) is 8.59. The first-order chi connectivity index (χ1) is 7.84. The van der Waals surface area contributed by atoms with Crippen LogP contribution in [0, 0.1) is 0 Å². The number of hydrogen-bond acceptors (Lipinski definition) is 2. The number of para-hydroxylation sites is 1. The summed E-state index contributed by atoms with van der Waals surface area (Å²) in [6, 6.07) is 19.0. The summed E-state index contributed by atoms with van der Waals surface area (Å²) in [6.45, 7) is 0. The van der Waals surface area contributed by atoms with E-state index in [0.29, 0.717) is 0 Å². The van der Waals surface area contributed by atoms with Crippen molar-refractivity contribution < 1.29 is 4.79 Å². The third-order valence-corrected chi connectivity index (χ3v) is 2.77. The van der Waals surface area contributed by atoms with Crippen LogP contribution in [0.1, 0.15) is 0 Å².